The normalized spacial score (nSPS) is 13.6. The zero-order valence-corrected chi connectivity index (χ0v) is 14.5. The Bertz CT molecular complexity index is 845. The highest BCUT2D eigenvalue weighted by Gasteiger charge is 2.30. The van der Waals surface area contributed by atoms with Gasteiger partial charge in [-0.05, 0) is 23.8 Å². The van der Waals surface area contributed by atoms with Gasteiger partial charge in [0.05, 0.1) is 11.5 Å². The number of nitro groups is 1. The molecule has 2 aromatic rings. The summed E-state index contributed by atoms with van der Waals surface area (Å²) in [7, 11) is 0. The molecule has 7 nitrogen and oxygen atoms in total. The summed E-state index contributed by atoms with van der Waals surface area (Å²) in [5.74, 6) is 0.137. The van der Waals surface area contributed by atoms with Crippen LogP contribution < -0.4 is 0 Å². The van der Waals surface area contributed by atoms with E-state index in [2.05, 4.69) is 9.98 Å². The van der Waals surface area contributed by atoms with Crippen LogP contribution >= 0.6 is 23.4 Å². The number of aromatic nitrogens is 1. The van der Waals surface area contributed by atoms with Crippen LogP contribution in [0.4, 0.5) is 5.69 Å². The average molecular weight is 377 g/mol. The third kappa shape index (κ3) is 3.97. The molecule has 3 rings (SSSR count). The van der Waals surface area contributed by atoms with E-state index in [4.69, 9.17) is 11.6 Å². The molecule has 0 bridgehead atoms. The maximum Gasteiger partial charge on any atom is 0.282 e. The van der Waals surface area contributed by atoms with Gasteiger partial charge in [-0.1, -0.05) is 29.4 Å². The third-order valence-corrected chi connectivity index (χ3v) is 4.84. The second kappa shape index (κ2) is 7.62. The highest BCUT2D eigenvalue weighted by Crippen LogP contribution is 2.27. The number of benzene rings is 1. The van der Waals surface area contributed by atoms with E-state index >= 15 is 0 Å². The molecule has 1 amide bonds. The van der Waals surface area contributed by atoms with Crippen molar-refractivity contribution in [3.8, 4) is 0 Å². The average Bonchev–Trinajstić information content (AvgIpc) is 3.08. The minimum atomic E-state index is -0.584. The van der Waals surface area contributed by atoms with Crippen LogP contribution in [0.2, 0.25) is 5.02 Å². The number of amides is 1. The Kier molecular flexibility index (Phi) is 5.30. The van der Waals surface area contributed by atoms with Crippen molar-refractivity contribution >= 4 is 40.1 Å². The van der Waals surface area contributed by atoms with Crippen molar-refractivity contribution in [3.63, 3.8) is 0 Å². The number of thioether (sulfide) groups is 1. The molecule has 0 fully saturated rings. The quantitative estimate of drug-likeness (QED) is 0.602. The highest BCUT2D eigenvalue weighted by atomic mass is 35.5. The molecule has 128 valence electrons. The van der Waals surface area contributed by atoms with Crippen molar-refractivity contribution < 1.29 is 9.72 Å². The molecule has 0 saturated carbocycles. The number of hydrogen-bond donors (Lipinski definition) is 0. The number of carbonyl (C=O) groups is 1. The zero-order chi connectivity index (χ0) is 17.8. The van der Waals surface area contributed by atoms with E-state index in [9.17, 15) is 14.9 Å². The first-order valence-electron chi connectivity index (χ1n) is 7.38. The lowest BCUT2D eigenvalue weighted by Crippen LogP contribution is -2.33. The lowest BCUT2D eigenvalue weighted by Gasteiger charge is -2.18. The number of aliphatic imine (C=N–C) groups is 1. The first-order valence-corrected chi connectivity index (χ1v) is 8.74. The molecule has 25 heavy (non-hydrogen) atoms. The van der Waals surface area contributed by atoms with E-state index < -0.39 is 10.8 Å². The number of rotatable bonds is 4. The standard InChI is InChI=1S/C16H13ClN4O3S/c17-12-3-4-14(21(23)24)13(8-12)15(22)20-7-6-19-16(20)25-10-11-2-1-5-18-9-11/h1-5,8-9H,6-7,10H2. The Morgan fingerprint density at radius 3 is 2.96 bits per heavy atom. The van der Waals surface area contributed by atoms with Crippen molar-refractivity contribution in [1.29, 1.82) is 0 Å². The van der Waals surface area contributed by atoms with Gasteiger partial charge < -0.3 is 0 Å². The fourth-order valence-corrected chi connectivity index (χ4v) is 3.51. The molecule has 1 aliphatic rings. The summed E-state index contributed by atoms with van der Waals surface area (Å²) in [6.07, 6.45) is 3.44. The van der Waals surface area contributed by atoms with Crippen LogP contribution in [0.15, 0.2) is 47.7 Å². The van der Waals surface area contributed by atoms with E-state index in [1.54, 1.807) is 12.4 Å². The maximum absolute atomic E-state index is 12.8. The first kappa shape index (κ1) is 17.4. The van der Waals surface area contributed by atoms with Crippen LogP contribution in [0, 0.1) is 10.1 Å². The van der Waals surface area contributed by atoms with Gasteiger partial charge in [0, 0.05) is 35.8 Å². The van der Waals surface area contributed by atoms with Crippen molar-refractivity contribution in [2.24, 2.45) is 4.99 Å². The van der Waals surface area contributed by atoms with Crippen molar-refractivity contribution in [1.82, 2.24) is 9.88 Å². The van der Waals surface area contributed by atoms with E-state index in [0.29, 0.717) is 24.0 Å². The number of amidine groups is 1. The number of carbonyl (C=O) groups excluding carboxylic acids is 1. The zero-order valence-electron chi connectivity index (χ0n) is 13.0. The Labute approximate surface area is 152 Å². The molecular weight excluding hydrogens is 364 g/mol. The summed E-state index contributed by atoms with van der Waals surface area (Å²) < 4.78 is 0. The van der Waals surface area contributed by atoms with Gasteiger partial charge in [-0.2, -0.15) is 0 Å². The van der Waals surface area contributed by atoms with Crippen LogP contribution in [-0.2, 0) is 5.75 Å². The molecule has 1 aromatic heterocycles. The topological polar surface area (TPSA) is 88.7 Å². The SMILES string of the molecule is O=C(c1cc(Cl)ccc1[N+](=O)[O-])N1CCN=C1SCc1cccnc1. The van der Waals surface area contributed by atoms with E-state index in [-0.39, 0.29) is 16.3 Å². The summed E-state index contributed by atoms with van der Waals surface area (Å²) in [4.78, 5) is 33.3. The molecule has 1 aromatic carbocycles. The van der Waals surface area contributed by atoms with Gasteiger partial charge in [0.15, 0.2) is 5.17 Å². The number of nitro benzene ring substituents is 1. The Hall–Kier alpha value is -2.45. The molecule has 0 atom stereocenters. The molecule has 2 heterocycles. The summed E-state index contributed by atoms with van der Waals surface area (Å²) in [5.41, 5.74) is 0.704. The van der Waals surface area contributed by atoms with Crippen LogP contribution in [0.25, 0.3) is 0 Å². The number of nitrogens with zero attached hydrogens (tertiary/aromatic N) is 4. The third-order valence-electron chi connectivity index (χ3n) is 3.52. The molecule has 1 aliphatic heterocycles. The molecule has 0 aliphatic carbocycles. The van der Waals surface area contributed by atoms with Gasteiger partial charge in [-0.15, -0.1) is 0 Å². The van der Waals surface area contributed by atoms with E-state index in [1.807, 2.05) is 12.1 Å². The van der Waals surface area contributed by atoms with Crippen LogP contribution in [0.5, 0.6) is 0 Å². The van der Waals surface area contributed by atoms with Crippen LogP contribution in [0.3, 0.4) is 0 Å². The highest BCUT2D eigenvalue weighted by molar-refractivity contribution is 8.13. The molecule has 9 heteroatoms. The Morgan fingerprint density at radius 1 is 1.40 bits per heavy atom. The predicted molar refractivity (Wildman–Crippen MR) is 97.0 cm³/mol. The summed E-state index contributed by atoms with van der Waals surface area (Å²) in [5, 5.41) is 12.0. The maximum atomic E-state index is 12.8. The predicted octanol–water partition coefficient (Wildman–Crippen LogP) is 3.39. The van der Waals surface area contributed by atoms with Gasteiger partial charge in [0.1, 0.15) is 5.56 Å². The minimum absolute atomic E-state index is 0.0333. The minimum Gasteiger partial charge on any atom is -0.285 e. The largest absolute Gasteiger partial charge is 0.285 e. The molecular formula is C16H13ClN4O3S. The first-order chi connectivity index (χ1) is 12.1. The van der Waals surface area contributed by atoms with E-state index in [1.165, 1.54) is 34.9 Å². The lowest BCUT2D eigenvalue weighted by atomic mass is 10.1. The van der Waals surface area contributed by atoms with Crippen LogP contribution in [-0.4, -0.2) is 39.0 Å². The fourth-order valence-electron chi connectivity index (χ4n) is 2.35. The van der Waals surface area contributed by atoms with Gasteiger partial charge in [-0.25, -0.2) is 0 Å². The van der Waals surface area contributed by atoms with Gasteiger partial charge in [-0.3, -0.25) is 29.8 Å². The van der Waals surface area contributed by atoms with Gasteiger partial charge in [0.25, 0.3) is 11.6 Å². The van der Waals surface area contributed by atoms with Crippen molar-refractivity contribution in [3.05, 3.63) is 69.0 Å². The molecule has 0 radical (unpaired) electrons. The fraction of sp³-hybridized carbons (Fsp3) is 0.188. The number of hydrogen-bond acceptors (Lipinski definition) is 6. The second-order valence-electron chi connectivity index (χ2n) is 5.19. The number of halogens is 1. The van der Waals surface area contributed by atoms with Gasteiger partial charge >= 0.3 is 0 Å². The smallest absolute Gasteiger partial charge is 0.282 e. The van der Waals surface area contributed by atoms with E-state index in [0.717, 1.165) is 5.56 Å². The summed E-state index contributed by atoms with van der Waals surface area (Å²) >= 11 is 7.31. The Balaban J connectivity index is 1.79. The lowest BCUT2D eigenvalue weighted by molar-refractivity contribution is -0.385. The number of pyridine rings is 1. The van der Waals surface area contributed by atoms with Crippen LogP contribution in [0.1, 0.15) is 15.9 Å². The Morgan fingerprint density at radius 2 is 2.24 bits per heavy atom. The molecule has 0 unspecified atom stereocenters. The summed E-state index contributed by atoms with van der Waals surface area (Å²) in [6.45, 7) is 0.855. The molecule has 0 saturated heterocycles. The van der Waals surface area contributed by atoms with Crippen molar-refractivity contribution in [2.45, 2.75) is 5.75 Å². The van der Waals surface area contributed by atoms with Gasteiger partial charge in [0.2, 0.25) is 0 Å². The summed E-state index contributed by atoms with van der Waals surface area (Å²) in [6, 6.07) is 7.73. The molecule has 0 spiro atoms. The van der Waals surface area contributed by atoms with Crippen molar-refractivity contribution in [2.75, 3.05) is 13.1 Å². The molecule has 0 N–H and O–H groups in total. The second-order valence-corrected chi connectivity index (χ2v) is 6.57. The monoisotopic (exact) mass is 376 g/mol.